The van der Waals surface area contributed by atoms with Crippen LogP contribution < -0.4 is 16.0 Å². The molecule has 0 fully saturated rings. The largest absolute Gasteiger partial charge is 0.356 e. The second kappa shape index (κ2) is 12.3. The third-order valence-corrected chi connectivity index (χ3v) is 5.22. The van der Waals surface area contributed by atoms with Gasteiger partial charge in [-0.2, -0.15) is 0 Å². The number of benzene rings is 1. The molecule has 3 N–H and O–H groups in total. The topological polar surface area (TPSA) is 78.4 Å². The molecule has 1 aromatic carbocycles. The number of halogens is 2. The van der Waals surface area contributed by atoms with Crippen LogP contribution in [-0.4, -0.2) is 37.0 Å². The van der Waals surface area contributed by atoms with Gasteiger partial charge in [-0.25, -0.2) is 4.98 Å². The van der Waals surface area contributed by atoms with E-state index in [1.807, 2.05) is 32.0 Å². The normalized spacial score (nSPS) is 10.9. The lowest BCUT2D eigenvalue weighted by Gasteiger charge is -2.12. The van der Waals surface area contributed by atoms with Gasteiger partial charge < -0.3 is 16.0 Å². The molecule has 27 heavy (non-hydrogen) atoms. The highest BCUT2D eigenvalue weighted by molar-refractivity contribution is 14.0. The number of aliphatic imine (C=N–C) groups is 1. The van der Waals surface area contributed by atoms with Crippen LogP contribution in [0.3, 0.4) is 0 Å². The number of hydrogen-bond donors (Lipinski definition) is 3. The third kappa shape index (κ3) is 8.14. The van der Waals surface area contributed by atoms with Gasteiger partial charge in [0.05, 0.1) is 17.2 Å². The maximum absolute atomic E-state index is 12.1. The van der Waals surface area contributed by atoms with Gasteiger partial charge in [0.2, 0.25) is 0 Å². The lowest BCUT2D eigenvalue weighted by molar-refractivity contribution is 0.0953. The molecular weight excluding hydrogens is 541 g/mol. The summed E-state index contributed by atoms with van der Waals surface area (Å²) in [5.74, 6) is 0.679. The number of guanidine groups is 1. The summed E-state index contributed by atoms with van der Waals surface area (Å²) in [6.07, 6.45) is 0.805. The number of hydrogen-bond acceptors (Lipinski definition) is 4. The molecule has 6 nitrogen and oxygen atoms in total. The molecule has 0 radical (unpaired) electrons. The molecule has 0 bridgehead atoms. The molecule has 2 aromatic rings. The lowest BCUT2D eigenvalue weighted by Crippen LogP contribution is -2.38. The van der Waals surface area contributed by atoms with Crippen LogP contribution in [0.1, 0.15) is 32.4 Å². The number of thiazole rings is 1. The fourth-order valence-corrected chi connectivity index (χ4v) is 3.63. The standard InChI is InChI=1S/C18H24BrN5OS.HI/c1-12-16(26-13(2)24-12)11-23-18(20-3)22-9-5-8-21-17(25)14-6-4-7-15(19)10-14;/h4,6-7,10H,5,8-9,11H2,1-3H3,(H,21,25)(H2,20,22,23);1H. The molecule has 1 aromatic heterocycles. The minimum atomic E-state index is -0.0650. The van der Waals surface area contributed by atoms with Crippen molar-refractivity contribution in [3.8, 4) is 0 Å². The number of amides is 1. The first kappa shape index (κ1) is 23.8. The van der Waals surface area contributed by atoms with Gasteiger partial charge in [0, 0.05) is 35.1 Å². The Morgan fingerprint density at radius 3 is 2.59 bits per heavy atom. The van der Waals surface area contributed by atoms with Gasteiger partial charge >= 0.3 is 0 Å². The van der Waals surface area contributed by atoms with Crippen molar-refractivity contribution in [1.29, 1.82) is 0 Å². The molecule has 0 aliphatic rings. The summed E-state index contributed by atoms with van der Waals surface area (Å²) >= 11 is 5.06. The average Bonchev–Trinajstić information content (AvgIpc) is 2.94. The van der Waals surface area contributed by atoms with Gasteiger partial charge in [-0.05, 0) is 38.5 Å². The van der Waals surface area contributed by atoms with Crippen LogP contribution >= 0.6 is 51.2 Å². The maximum atomic E-state index is 12.1. The quantitative estimate of drug-likeness (QED) is 0.207. The predicted octanol–water partition coefficient (Wildman–Crippen LogP) is 3.63. The van der Waals surface area contributed by atoms with Crippen molar-refractivity contribution in [2.75, 3.05) is 20.1 Å². The number of aromatic nitrogens is 1. The van der Waals surface area contributed by atoms with Crippen molar-refractivity contribution < 1.29 is 4.79 Å². The van der Waals surface area contributed by atoms with Crippen LogP contribution in [0.15, 0.2) is 33.7 Å². The Hall–Kier alpha value is -1.20. The Balaban J connectivity index is 0.00000364. The van der Waals surface area contributed by atoms with E-state index >= 15 is 0 Å². The van der Waals surface area contributed by atoms with E-state index < -0.39 is 0 Å². The number of rotatable bonds is 7. The van der Waals surface area contributed by atoms with Crippen molar-refractivity contribution in [1.82, 2.24) is 20.9 Å². The molecule has 2 rings (SSSR count). The fraction of sp³-hybridized carbons (Fsp3) is 0.389. The number of nitrogens with one attached hydrogen (secondary N) is 3. The van der Waals surface area contributed by atoms with Crippen LogP contribution in [0.2, 0.25) is 0 Å². The van der Waals surface area contributed by atoms with Crippen molar-refractivity contribution in [3.05, 3.63) is 49.9 Å². The number of nitrogens with zero attached hydrogens (tertiary/aromatic N) is 2. The zero-order valence-electron chi connectivity index (χ0n) is 15.6. The molecule has 0 saturated heterocycles. The Morgan fingerprint density at radius 2 is 1.96 bits per heavy atom. The molecule has 0 saturated carbocycles. The van der Waals surface area contributed by atoms with Crippen LogP contribution in [-0.2, 0) is 6.54 Å². The second-order valence-corrected chi connectivity index (χ2v) is 7.92. The predicted molar refractivity (Wildman–Crippen MR) is 126 cm³/mol. The molecule has 0 aliphatic heterocycles. The summed E-state index contributed by atoms with van der Waals surface area (Å²) in [7, 11) is 1.75. The highest BCUT2D eigenvalue weighted by atomic mass is 127. The first-order valence-corrected chi connectivity index (χ1v) is 10.0. The second-order valence-electron chi connectivity index (χ2n) is 5.71. The maximum Gasteiger partial charge on any atom is 0.251 e. The highest BCUT2D eigenvalue weighted by Gasteiger charge is 2.06. The van der Waals surface area contributed by atoms with Gasteiger partial charge in [-0.15, -0.1) is 35.3 Å². The molecule has 1 amide bonds. The van der Waals surface area contributed by atoms with Crippen LogP contribution in [0.4, 0.5) is 0 Å². The van der Waals surface area contributed by atoms with Crippen LogP contribution in [0.5, 0.6) is 0 Å². The number of carbonyl (C=O) groups excluding carboxylic acids is 1. The van der Waals surface area contributed by atoms with E-state index in [4.69, 9.17) is 0 Å². The van der Waals surface area contributed by atoms with Crippen molar-refractivity contribution in [3.63, 3.8) is 0 Å². The Bertz CT molecular complexity index is 781. The average molecular weight is 566 g/mol. The van der Waals surface area contributed by atoms with Crippen molar-refractivity contribution in [2.24, 2.45) is 4.99 Å². The summed E-state index contributed by atoms with van der Waals surface area (Å²) in [6, 6.07) is 7.35. The van der Waals surface area contributed by atoms with Gasteiger partial charge in [-0.1, -0.05) is 22.0 Å². The van der Waals surface area contributed by atoms with Gasteiger partial charge in [0.15, 0.2) is 5.96 Å². The molecular formula is C18H25BrIN5OS. The summed E-state index contributed by atoms with van der Waals surface area (Å²) in [5.41, 5.74) is 1.71. The molecule has 0 unspecified atom stereocenters. The third-order valence-electron chi connectivity index (χ3n) is 3.66. The first-order chi connectivity index (χ1) is 12.5. The zero-order valence-corrected chi connectivity index (χ0v) is 20.4. The summed E-state index contributed by atoms with van der Waals surface area (Å²) in [6.45, 7) is 6.06. The Morgan fingerprint density at radius 1 is 1.22 bits per heavy atom. The van der Waals surface area contributed by atoms with E-state index in [1.54, 1.807) is 24.5 Å². The van der Waals surface area contributed by atoms with Gasteiger partial charge in [-0.3, -0.25) is 9.79 Å². The molecule has 148 valence electrons. The monoisotopic (exact) mass is 565 g/mol. The van der Waals surface area contributed by atoms with Gasteiger partial charge in [0.1, 0.15) is 0 Å². The zero-order chi connectivity index (χ0) is 18.9. The molecule has 0 spiro atoms. The van der Waals surface area contributed by atoms with E-state index in [0.29, 0.717) is 18.7 Å². The Labute approximate surface area is 189 Å². The molecule has 9 heteroatoms. The summed E-state index contributed by atoms with van der Waals surface area (Å²) in [4.78, 5) is 21.9. The van der Waals surface area contributed by atoms with E-state index in [9.17, 15) is 4.79 Å². The first-order valence-electron chi connectivity index (χ1n) is 8.40. The molecule has 0 atom stereocenters. The SMILES string of the molecule is CN=C(NCCCNC(=O)c1cccc(Br)c1)NCc1sc(C)nc1C.I. The number of carbonyl (C=O) groups is 1. The van der Waals surface area contributed by atoms with Gasteiger partial charge in [0.25, 0.3) is 5.91 Å². The summed E-state index contributed by atoms with van der Waals surface area (Å²) in [5, 5.41) is 10.5. The molecule has 1 heterocycles. The Kier molecular flexibility index (Phi) is 10.9. The van der Waals surface area contributed by atoms with Crippen LogP contribution in [0.25, 0.3) is 0 Å². The van der Waals surface area contributed by atoms with E-state index in [2.05, 4.69) is 41.9 Å². The van der Waals surface area contributed by atoms with Crippen LogP contribution in [0, 0.1) is 13.8 Å². The van der Waals surface area contributed by atoms with E-state index in [1.165, 1.54) is 4.88 Å². The van der Waals surface area contributed by atoms with E-state index in [0.717, 1.165) is 34.1 Å². The number of aryl methyl sites for hydroxylation is 2. The summed E-state index contributed by atoms with van der Waals surface area (Å²) < 4.78 is 0.896. The fourth-order valence-electron chi connectivity index (χ4n) is 2.35. The van der Waals surface area contributed by atoms with Crippen molar-refractivity contribution in [2.45, 2.75) is 26.8 Å². The molecule has 0 aliphatic carbocycles. The van der Waals surface area contributed by atoms with Crippen molar-refractivity contribution >= 4 is 63.1 Å². The van der Waals surface area contributed by atoms with E-state index in [-0.39, 0.29) is 29.9 Å². The smallest absolute Gasteiger partial charge is 0.251 e. The minimum Gasteiger partial charge on any atom is -0.356 e. The highest BCUT2D eigenvalue weighted by Crippen LogP contribution is 2.16. The lowest BCUT2D eigenvalue weighted by atomic mass is 10.2. The minimum absolute atomic E-state index is 0.